The van der Waals surface area contributed by atoms with E-state index in [4.69, 9.17) is 12.6 Å². The van der Waals surface area contributed by atoms with Crippen molar-refractivity contribution in [2.24, 2.45) is 34.5 Å². The lowest BCUT2D eigenvalue weighted by atomic mass is 9.62. The summed E-state index contributed by atoms with van der Waals surface area (Å²) in [5.74, 6) is 1.14. The van der Waals surface area contributed by atoms with E-state index in [9.17, 15) is 4.79 Å². The van der Waals surface area contributed by atoms with Gasteiger partial charge in [0.1, 0.15) is 0 Å². The van der Waals surface area contributed by atoms with Crippen LogP contribution in [0.3, 0.4) is 0 Å². The largest absolute Gasteiger partial charge is 0.294 e. The van der Waals surface area contributed by atoms with Crippen molar-refractivity contribution in [3.8, 4) is 0 Å². The lowest BCUT2D eigenvalue weighted by Gasteiger charge is -2.42. The molecule has 0 radical (unpaired) electrons. The molecule has 0 bridgehead atoms. The Bertz CT molecular complexity index is 858. The molecule has 0 aromatic rings. The lowest BCUT2D eigenvalue weighted by molar-refractivity contribution is -0.119. The van der Waals surface area contributed by atoms with Gasteiger partial charge in [-0.25, -0.2) is 0 Å². The predicted molar refractivity (Wildman–Crippen MR) is 153 cm³/mol. The van der Waals surface area contributed by atoms with Gasteiger partial charge in [0.05, 0.1) is 0 Å². The highest BCUT2D eigenvalue weighted by Gasteiger charge is 2.39. The second kappa shape index (κ2) is 11.2. The molecule has 0 aliphatic heterocycles. The van der Waals surface area contributed by atoms with Gasteiger partial charge in [0.15, 0.2) is 5.78 Å². The fraction of sp³-hybridized carbons (Fsp3) is 0.656. The Morgan fingerprint density at radius 1 is 1.18 bits per heavy atom. The van der Waals surface area contributed by atoms with Gasteiger partial charge in [0.2, 0.25) is 0 Å². The van der Waals surface area contributed by atoms with Gasteiger partial charge in [-0.2, -0.15) is 12.6 Å². The molecule has 4 unspecified atom stereocenters. The normalized spacial score (nSPS) is 24.3. The zero-order valence-corrected chi connectivity index (χ0v) is 24.1. The van der Waals surface area contributed by atoms with E-state index in [0.29, 0.717) is 11.8 Å². The number of thiol groups is 1. The molecule has 0 fully saturated rings. The second-order valence-electron chi connectivity index (χ2n) is 12.9. The van der Waals surface area contributed by atoms with Crippen LogP contribution in [0.15, 0.2) is 60.3 Å². The van der Waals surface area contributed by atoms with Crippen molar-refractivity contribution in [3.05, 3.63) is 60.3 Å². The molecular weight excluding hydrogens is 432 g/mol. The first-order valence-electron chi connectivity index (χ1n) is 13.2. The molecule has 4 atom stereocenters. The summed E-state index contributed by atoms with van der Waals surface area (Å²) in [6.45, 7) is 27.2. The fourth-order valence-corrected chi connectivity index (χ4v) is 5.99. The molecule has 2 aliphatic rings. The summed E-state index contributed by atoms with van der Waals surface area (Å²) in [6, 6.07) is 0. The first-order chi connectivity index (χ1) is 15.6. The number of allylic oxidation sites excluding steroid dienone is 8. The molecule has 2 heteroatoms. The van der Waals surface area contributed by atoms with Crippen molar-refractivity contribution < 1.29 is 4.79 Å². The van der Waals surface area contributed by atoms with Gasteiger partial charge in [-0.3, -0.25) is 4.79 Å². The summed E-state index contributed by atoms with van der Waals surface area (Å²) in [4.78, 5) is 13.8. The Balaban J connectivity index is 2.26. The maximum Gasteiger partial charge on any atom is 0.169 e. The second-order valence-corrected chi connectivity index (χ2v) is 14.0. The van der Waals surface area contributed by atoms with Crippen molar-refractivity contribution in [3.63, 3.8) is 0 Å². The minimum absolute atomic E-state index is 0.0391. The minimum Gasteiger partial charge on any atom is -0.294 e. The van der Waals surface area contributed by atoms with E-state index in [1.807, 2.05) is 6.08 Å². The molecule has 2 rings (SSSR count). The molecule has 2 aliphatic carbocycles. The van der Waals surface area contributed by atoms with Crippen LogP contribution in [-0.4, -0.2) is 10.5 Å². The quantitative estimate of drug-likeness (QED) is 0.229. The number of Topliss-reactive ketones (excluding diaryl/α,β-unsaturated/α-hetero) is 1. The molecule has 0 aromatic carbocycles. The molecule has 0 spiro atoms. The van der Waals surface area contributed by atoms with Crippen LogP contribution < -0.4 is 0 Å². The number of carbonyl (C=O) groups is 1. The molecular formula is C32H50OS. The van der Waals surface area contributed by atoms with Gasteiger partial charge in [-0.15, -0.1) is 0 Å². The molecule has 0 saturated heterocycles. The van der Waals surface area contributed by atoms with Gasteiger partial charge in [0, 0.05) is 16.2 Å². The highest BCUT2D eigenvalue weighted by atomic mass is 32.1. The monoisotopic (exact) mass is 482 g/mol. The van der Waals surface area contributed by atoms with E-state index in [1.54, 1.807) is 0 Å². The number of hydrogen-bond acceptors (Lipinski definition) is 2. The fourth-order valence-electron chi connectivity index (χ4n) is 5.88. The third-order valence-corrected chi connectivity index (χ3v) is 9.38. The van der Waals surface area contributed by atoms with Crippen molar-refractivity contribution in [1.82, 2.24) is 0 Å². The SMILES string of the molecule is C=C(CCC(C)(C)C(C)(C)S)C(C(=O)C1=CCCC=C1)C(C)CC(=C)C1C(C)C=CCC1(C)C. The lowest BCUT2D eigenvalue weighted by Crippen LogP contribution is -2.35. The van der Waals surface area contributed by atoms with E-state index in [0.717, 1.165) is 49.7 Å². The van der Waals surface area contributed by atoms with Crippen LogP contribution in [0.5, 0.6) is 0 Å². The minimum atomic E-state index is -0.179. The average Bonchev–Trinajstić information content (AvgIpc) is 2.71. The molecule has 0 saturated carbocycles. The van der Waals surface area contributed by atoms with Crippen molar-refractivity contribution in [2.45, 2.75) is 98.7 Å². The zero-order valence-electron chi connectivity index (χ0n) is 23.2. The van der Waals surface area contributed by atoms with Crippen molar-refractivity contribution in [2.75, 3.05) is 0 Å². The van der Waals surface area contributed by atoms with Crippen molar-refractivity contribution in [1.29, 1.82) is 0 Å². The van der Waals surface area contributed by atoms with Gasteiger partial charge < -0.3 is 0 Å². The Morgan fingerprint density at radius 2 is 1.82 bits per heavy atom. The van der Waals surface area contributed by atoms with Gasteiger partial charge in [-0.1, -0.05) is 110 Å². The van der Waals surface area contributed by atoms with Crippen LogP contribution in [-0.2, 0) is 4.79 Å². The van der Waals surface area contributed by atoms with E-state index >= 15 is 0 Å². The van der Waals surface area contributed by atoms with E-state index < -0.39 is 0 Å². The maximum absolute atomic E-state index is 13.8. The smallest absolute Gasteiger partial charge is 0.169 e. The number of hydrogen-bond donors (Lipinski definition) is 1. The summed E-state index contributed by atoms with van der Waals surface area (Å²) in [7, 11) is 0. The third-order valence-electron chi connectivity index (χ3n) is 8.77. The zero-order chi connectivity index (χ0) is 25.9. The first-order valence-corrected chi connectivity index (χ1v) is 13.7. The van der Waals surface area contributed by atoms with Crippen LogP contribution in [0.4, 0.5) is 0 Å². The van der Waals surface area contributed by atoms with Gasteiger partial charge in [0.25, 0.3) is 0 Å². The third kappa shape index (κ3) is 6.90. The van der Waals surface area contributed by atoms with Crippen LogP contribution >= 0.6 is 12.6 Å². The molecule has 34 heavy (non-hydrogen) atoms. The summed E-state index contributed by atoms with van der Waals surface area (Å²) in [6.07, 6.45) is 16.6. The highest BCUT2D eigenvalue weighted by Crippen LogP contribution is 2.47. The highest BCUT2D eigenvalue weighted by molar-refractivity contribution is 7.81. The van der Waals surface area contributed by atoms with Gasteiger partial charge >= 0.3 is 0 Å². The molecule has 0 aromatic heterocycles. The summed E-state index contributed by atoms with van der Waals surface area (Å²) >= 11 is 4.85. The molecule has 0 N–H and O–H groups in total. The number of carbonyl (C=O) groups excluding carboxylic acids is 1. The maximum atomic E-state index is 13.8. The Labute approximate surface area is 216 Å². The van der Waals surface area contributed by atoms with E-state index in [2.05, 4.69) is 92.9 Å². The summed E-state index contributed by atoms with van der Waals surface area (Å²) < 4.78 is -0.0997. The Morgan fingerprint density at radius 3 is 2.35 bits per heavy atom. The summed E-state index contributed by atoms with van der Waals surface area (Å²) in [5, 5.41) is 0. The van der Waals surface area contributed by atoms with E-state index in [-0.39, 0.29) is 33.2 Å². The Hall–Kier alpha value is -1.28. The molecule has 0 heterocycles. The molecule has 0 amide bonds. The molecule has 1 nitrogen and oxygen atoms in total. The van der Waals surface area contributed by atoms with Crippen LogP contribution in [0.25, 0.3) is 0 Å². The summed E-state index contributed by atoms with van der Waals surface area (Å²) in [5.41, 5.74) is 3.44. The predicted octanol–water partition coefficient (Wildman–Crippen LogP) is 9.34. The average molecular weight is 483 g/mol. The van der Waals surface area contributed by atoms with E-state index in [1.165, 1.54) is 5.57 Å². The number of rotatable bonds is 11. The van der Waals surface area contributed by atoms with Crippen LogP contribution in [0.1, 0.15) is 93.9 Å². The van der Waals surface area contributed by atoms with Crippen LogP contribution in [0, 0.1) is 34.5 Å². The first kappa shape index (κ1) is 29.0. The topological polar surface area (TPSA) is 17.1 Å². The number of ketones is 1. The molecule has 190 valence electrons. The van der Waals surface area contributed by atoms with Gasteiger partial charge in [-0.05, 0) is 67.1 Å². The Kier molecular flexibility index (Phi) is 9.53. The van der Waals surface area contributed by atoms with Crippen LogP contribution in [0.2, 0.25) is 0 Å². The van der Waals surface area contributed by atoms with Crippen molar-refractivity contribution >= 4 is 18.4 Å². The standard InChI is InChI=1S/C32H50OS/c1-22(18-20-31(7,8)32(9,10)34)27(29(33)26-16-12-11-13-17-26)24(3)21-25(4)28-23(2)15-14-19-30(28,5)6/h12,14-17,23-24,27-28,34H,1,4,11,13,18-21H2,2-3,5-10H3.